The number of amides is 1. The molecule has 2 aromatic carbocycles. The lowest BCUT2D eigenvalue weighted by Crippen LogP contribution is -2.29. The molecule has 1 amide bonds. The lowest BCUT2D eigenvalue weighted by atomic mass is 10.2. The highest BCUT2D eigenvalue weighted by Gasteiger charge is 2.14. The van der Waals surface area contributed by atoms with E-state index < -0.39 is 15.9 Å². The van der Waals surface area contributed by atoms with Gasteiger partial charge in [0.05, 0.1) is 11.2 Å². The summed E-state index contributed by atoms with van der Waals surface area (Å²) < 4.78 is 26.6. The molecule has 0 radical (unpaired) electrons. The molecule has 0 aliphatic rings. The Morgan fingerprint density at radius 3 is 2.31 bits per heavy atom. The number of nitrogens with zero attached hydrogens (tertiary/aromatic N) is 1. The van der Waals surface area contributed by atoms with Crippen molar-refractivity contribution >= 4 is 45.3 Å². The summed E-state index contributed by atoms with van der Waals surface area (Å²) in [5.74, 6) is 4.64. The Bertz CT molecular complexity index is 923. The van der Waals surface area contributed by atoms with E-state index in [1.807, 2.05) is 12.3 Å². The second-order valence-corrected chi connectivity index (χ2v) is 7.25. The van der Waals surface area contributed by atoms with E-state index in [2.05, 4.69) is 15.0 Å². The summed E-state index contributed by atoms with van der Waals surface area (Å²) >= 11 is 4.92. The van der Waals surface area contributed by atoms with E-state index in [9.17, 15) is 13.2 Å². The number of sulfonamides is 1. The van der Waals surface area contributed by atoms with Gasteiger partial charge in [0.2, 0.25) is 5.11 Å². The highest BCUT2D eigenvalue weighted by molar-refractivity contribution is 7.91. The number of carbonyl (C=O) groups is 1. The van der Waals surface area contributed by atoms with Crippen molar-refractivity contribution in [1.82, 2.24) is 10.1 Å². The van der Waals surface area contributed by atoms with Crippen molar-refractivity contribution in [2.75, 3.05) is 5.32 Å². The van der Waals surface area contributed by atoms with E-state index in [1.54, 1.807) is 36.4 Å². The molecular weight excluding hydrogens is 374 g/mol. The molecule has 0 saturated heterocycles. The zero-order valence-electron chi connectivity index (χ0n) is 13.8. The van der Waals surface area contributed by atoms with Crippen LogP contribution in [0.2, 0.25) is 0 Å². The van der Waals surface area contributed by atoms with Crippen LogP contribution in [0.3, 0.4) is 0 Å². The molecule has 0 heterocycles. The summed E-state index contributed by atoms with van der Waals surface area (Å²) in [4.78, 5) is 15.3. The Morgan fingerprint density at radius 2 is 1.73 bits per heavy atom. The van der Waals surface area contributed by atoms with Crippen molar-refractivity contribution < 1.29 is 13.2 Å². The zero-order chi connectivity index (χ0) is 19.2. The predicted molar refractivity (Wildman–Crippen MR) is 104 cm³/mol. The Hall–Kier alpha value is -2.82. The average Bonchev–Trinajstić information content (AvgIpc) is 2.61. The van der Waals surface area contributed by atoms with Gasteiger partial charge in [-0.3, -0.25) is 14.9 Å². The lowest BCUT2D eigenvalue weighted by Gasteiger charge is -2.06. The summed E-state index contributed by atoms with van der Waals surface area (Å²) in [6.45, 7) is 1.86. The Balaban J connectivity index is 1.94. The highest BCUT2D eigenvalue weighted by Crippen LogP contribution is 2.10. The number of carbonyl (C=O) groups excluding carboxylic acids is 1. The molecule has 0 fully saturated rings. The lowest BCUT2D eigenvalue weighted by molar-refractivity contribution is 0.0953. The number of hydrazine groups is 1. The molecule has 0 saturated carbocycles. The number of anilines is 1. The molecule has 2 rings (SSSR count). The molecule has 136 valence electrons. The van der Waals surface area contributed by atoms with Crippen LogP contribution in [0.25, 0.3) is 0 Å². The van der Waals surface area contributed by atoms with Gasteiger partial charge in [-0.15, -0.1) is 0 Å². The third kappa shape index (κ3) is 5.34. The van der Waals surface area contributed by atoms with Gasteiger partial charge in [0.15, 0.2) is 0 Å². The summed E-state index contributed by atoms with van der Waals surface area (Å²) in [6, 6.07) is 12.8. The monoisotopic (exact) mass is 391 g/mol. The van der Waals surface area contributed by atoms with E-state index in [1.165, 1.54) is 18.5 Å². The van der Waals surface area contributed by atoms with E-state index in [0.29, 0.717) is 11.3 Å². The maximum Gasteiger partial charge on any atom is 0.265 e. The number of aliphatic imine (C=N–C) groups is 1. The smallest absolute Gasteiger partial charge is 0.265 e. The van der Waals surface area contributed by atoms with Gasteiger partial charge in [0, 0.05) is 11.3 Å². The molecule has 8 nitrogen and oxygen atoms in total. The number of rotatable bonds is 5. The number of nitrogens with two attached hydrogens (primary N) is 1. The van der Waals surface area contributed by atoms with Crippen molar-refractivity contribution in [2.24, 2.45) is 10.8 Å². The van der Waals surface area contributed by atoms with Crippen molar-refractivity contribution in [1.29, 1.82) is 0 Å². The largest absolute Gasteiger partial charge is 0.346 e. The SMILES string of the molecule is Cc1ccc(S(=O)(=O)NC(=S)/N=C\Nc2ccc(C(=O)NN)cc2)cc1. The summed E-state index contributed by atoms with van der Waals surface area (Å²) in [6.07, 6.45) is 1.25. The van der Waals surface area contributed by atoms with Crippen molar-refractivity contribution in [3.63, 3.8) is 0 Å². The topological polar surface area (TPSA) is 126 Å². The van der Waals surface area contributed by atoms with E-state index in [0.717, 1.165) is 5.56 Å². The molecule has 0 aliphatic carbocycles. The Labute approximate surface area is 156 Å². The van der Waals surface area contributed by atoms with E-state index in [4.69, 9.17) is 18.1 Å². The minimum Gasteiger partial charge on any atom is -0.346 e. The number of hydrogen-bond donors (Lipinski definition) is 4. The molecule has 10 heteroatoms. The van der Waals surface area contributed by atoms with Crippen molar-refractivity contribution in [3.8, 4) is 0 Å². The first-order valence-electron chi connectivity index (χ1n) is 7.35. The number of hydrogen-bond acceptors (Lipinski definition) is 5. The normalized spacial score (nSPS) is 11.2. The molecule has 0 aliphatic heterocycles. The zero-order valence-corrected chi connectivity index (χ0v) is 15.4. The van der Waals surface area contributed by atoms with Crippen molar-refractivity contribution in [2.45, 2.75) is 11.8 Å². The van der Waals surface area contributed by atoms with Crippen LogP contribution in [0, 0.1) is 6.92 Å². The van der Waals surface area contributed by atoms with Gasteiger partial charge < -0.3 is 5.32 Å². The second-order valence-electron chi connectivity index (χ2n) is 5.18. The third-order valence-electron chi connectivity index (χ3n) is 3.24. The van der Waals surface area contributed by atoms with Gasteiger partial charge in [-0.2, -0.15) is 0 Å². The van der Waals surface area contributed by atoms with Gasteiger partial charge in [0.25, 0.3) is 15.9 Å². The molecule has 0 unspecified atom stereocenters. The maximum absolute atomic E-state index is 12.2. The van der Waals surface area contributed by atoms with Gasteiger partial charge in [-0.05, 0) is 55.5 Å². The Morgan fingerprint density at radius 1 is 1.12 bits per heavy atom. The summed E-state index contributed by atoms with van der Waals surface area (Å²) in [5.41, 5.74) is 4.01. The fraction of sp³-hybridized carbons (Fsp3) is 0.0625. The second kappa shape index (κ2) is 8.52. The summed E-state index contributed by atoms with van der Waals surface area (Å²) in [5, 5.41) is 2.60. The van der Waals surface area contributed by atoms with Crippen LogP contribution >= 0.6 is 12.2 Å². The minimum atomic E-state index is -3.78. The van der Waals surface area contributed by atoms with Crippen LogP contribution in [0.15, 0.2) is 58.4 Å². The first-order valence-corrected chi connectivity index (χ1v) is 9.24. The molecular formula is C16H17N5O3S2. The van der Waals surface area contributed by atoms with Crippen LogP contribution in [-0.2, 0) is 10.0 Å². The molecule has 26 heavy (non-hydrogen) atoms. The van der Waals surface area contributed by atoms with Gasteiger partial charge in [0.1, 0.15) is 0 Å². The number of thiocarbonyl (C=S) groups is 1. The average molecular weight is 391 g/mol. The van der Waals surface area contributed by atoms with Gasteiger partial charge in [-0.25, -0.2) is 19.3 Å². The van der Waals surface area contributed by atoms with Crippen LogP contribution in [0.1, 0.15) is 15.9 Å². The standard InChI is InChI=1S/C16H17N5O3S2/c1-11-2-8-14(9-3-11)26(23,24)21-16(25)19-10-18-13-6-4-12(5-7-13)15(22)20-17/h2-10H,17H2,1H3,(H,20,22)(H2,18,19,21,25). The van der Waals surface area contributed by atoms with Crippen LogP contribution < -0.4 is 21.3 Å². The molecule has 0 aromatic heterocycles. The molecule has 0 spiro atoms. The molecule has 0 atom stereocenters. The maximum atomic E-state index is 12.2. The third-order valence-corrected chi connectivity index (χ3v) is 4.94. The van der Waals surface area contributed by atoms with Gasteiger partial charge in [-0.1, -0.05) is 17.7 Å². The molecule has 5 N–H and O–H groups in total. The fourth-order valence-electron chi connectivity index (χ4n) is 1.88. The minimum absolute atomic E-state index is 0.0994. The van der Waals surface area contributed by atoms with E-state index in [-0.39, 0.29) is 10.0 Å². The first-order chi connectivity index (χ1) is 12.3. The molecule has 2 aromatic rings. The number of aryl methyl sites for hydroxylation is 1. The fourth-order valence-corrected chi connectivity index (χ4v) is 3.16. The number of nitrogens with one attached hydrogen (secondary N) is 3. The Kier molecular flexibility index (Phi) is 6.39. The van der Waals surface area contributed by atoms with Gasteiger partial charge >= 0.3 is 0 Å². The molecule has 0 bridgehead atoms. The predicted octanol–water partition coefficient (Wildman–Crippen LogP) is 1.30. The summed E-state index contributed by atoms with van der Waals surface area (Å²) in [7, 11) is -3.78. The van der Waals surface area contributed by atoms with Crippen LogP contribution in [0.4, 0.5) is 5.69 Å². The quantitative estimate of drug-likeness (QED) is 0.152. The van der Waals surface area contributed by atoms with E-state index >= 15 is 0 Å². The van der Waals surface area contributed by atoms with Crippen molar-refractivity contribution in [3.05, 3.63) is 59.7 Å². The van der Waals surface area contributed by atoms with Crippen LogP contribution in [0.5, 0.6) is 0 Å². The highest BCUT2D eigenvalue weighted by atomic mass is 32.2. The first kappa shape index (κ1) is 19.5. The number of benzene rings is 2. The number of nitrogen functional groups attached to an aromatic ring is 1. The van der Waals surface area contributed by atoms with Crippen LogP contribution in [-0.4, -0.2) is 25.8 Å².